The highest BCUT2D eigenvalue weighted by Gasteiger charge is 2.29. The lowest BCUT2D eigenvalue weighted by atomic mass is 9.90. The molecule has 2 aliphatic rings. The first-order valence-corrected chi connectivity index (χ1v) is 9.12. The van der Waals surface area contributed by atoms with Gasteiger partial charge in [-0.1, -0.05) is 0 Å². The second-order valence-electron chi connectivity index (χ2n) is 7.31. The molecule has 1 unspecified atom stereocenters. The molecule has 6 nitrogen and oxygen atoms in total. The summed E-state index contributed by atoms with van der Waals surface area (Å²) in [5.74, 6) is 1.09. The van der Waals surface area contributed by atoms with Gasteiger partial charge in [-0.2, -0.15) is 5.10 Å². The van der Waals surface area contributed by atoms with Crippen molar-refractivity contribution in [2.75, 3.05) is 13.1 Å². The van der Waals surface area contributed by atoms with Crippen LogP contribution in [0.3, 0.4) is 0 Å². The number of hydrogen-bond donors (Lipinski definition) is 1. The molecule has 1 saturated carbocycles. The first kappa shape index (κ1) is 15.8. The molecule has 2 fully saturated rings. The van der Waals surface area contributed by atoms with Crippen LogP contribution in [0.5, 0.6) is 0 Å². The van der Waals surface area contributed by atoms with Crippen LogP contribution < -0.4 is 0 Å². The average Bonchev–Trinajstić information content (AvgIpc) is 3.15. The first-order chi connectivity index (χ1) is 11.7. The predicted molar refractivity (Wildman–Crippen MR) is 91.3 cm³/mol. The molecular weight excluding hydrogens is 302 g/mol. The van der Waals surface area contributed by atoms with Crippen molar-refractivity contribution in [3.63, 3.8) is 0 Å². The molecule has 2 aromatic rings. The number of nitrogens with zero attached hydrogens (tertiary/aromatic N) is 5. The van der Waals surface area contributed by atoms with Crippen LogP contribution in [-0.2, 0) is 13.6 Å². The summed E-state index contributed by atoms with van der Waals surface area (Å²) in [7, 11) is 1.95. The Morgan fingerprint density at radius 1 is 1.21 bits per heavy atom. The van der Waals surface area contributed by atoms with E-state index in [2.05, 4.69) is 25.7 Å². The largest absolute Gasteiger partial charge is 0.385 e. The van der Waals surface area contributed by atoms with Crippen molar-refractivity contribution in [3.05, 3.63) is 36.2 Å². The molecule has 1 aliphatic heterocycles. The van der Waals surface area contributed by atoms with Crippen LogP contribution in [0, 0.1) is 5.92 Å². The van der Waals surface area contributed by atoms with Crippen molar-refractivity contribution in [1.29, 1.82) is 0 Å². The van der Waals surface area contributed by atoms with E-state index in [0.29, 0.717) is 12.0 Å². The molecule has 24 heavy (non-hydrogen) atoms. The van der Waals surface area contributed by atoms with Crippen molar-refractivity contribution >= 4 is 0 Å². The summed E-state index contributed by atoms with van der Waals surface area (Å²) in [5, 5.41) is 15.1. The maximum absolute atomic E-state index is 10.6. The van der Waals surface area contributed by atoms with Crippen molar-refractivity contribution in [1.82, 2.24) is 24.2 Å². The number of piperidine rings is 1. The molecular formula is C18H27N5O. The van der Waals surface area contributed by atoms with E-state index >= 15 is 0 Å². The highest BCUT2D eigenvalue weighted by molar-refractivity contribution is 5.04. The molecule has 4 rings (SSSR count). The SMILES string of the molecule is Cn1ccnc1C(O)C1CCN(Cc2ccnn2C2CCC2)CC1. The molecule has 0 aromatic carbocycles. The highest BCUT2D eigenvalue weighted by Crippen LogP contribution is 2.33. The minimum absolute atomic E-state index is 0.305. The van der Waals surface area contributed by atoms with Gasteiger partial charge in [0.05, 0.1) is 11.7 Å². The van der Waals surface area contributed by atoms with E-state index in [1.807, 2.05) is 24.0 Å². The van der Waals surface area contributed by atoms with Gasteiger partial charge in [-0.25, -0.2) is 4.98 Å². The lowest BCUT2D eigenvalue weighted by Gasteiger charge is -2.35. The summed E-state index contributed by atoms with van der Waals surface area (Å²) in [6, 6.07) is 2.78. The van der Waals surface area contributed by atoms with E-state index in [0.717, 1.165) is 38.3 Å². The monoisotopic (exact) mass is 329 g/mol. The summed E-state index contributed by atoms with van der Waals surface area (Å²) in [6.45, 7) is 3.03. The number of aliphatic hydroxyl groups is 1. The maximum Gasteiger partial charge on any atom is 0.137 e. The highest BCUT2D eigenvalue weighted by atomic mass is 16.3. The van der Waals surface area contributed by atoms with Crippen LogP contribution in [0.25, 0.3) is 0 Å². The van der Waals surface area contributed by atoms with Crippen molar-refractivity contribution < 1.29 is 5.11 Å². The molecule has 0 spiro atoms. The second kappa shape index (κ2) is 6.69. The van der Waals surface area contributed by atoms with Gasteiger partial charge in [0.25, 0.3) is 0 Å². The molecule has 2 aromatic heterocycles. The summed E-state index contributed by atoms with van der Waals surface area (Å²) < 4.78 is 4.16. The van der Waals surface area contributed by atoms with E-state index < -0.39 is 6.10 Å². The number of aromatic nitrogens is 4. The van der Waals surface area contributed by atoms with Gasteiger partial charge in [0, 0.05) is 32.2 Å². The Hall–Kier alpha value is -1.66. The standard InChI is InChI=1S/C18H27N5O/c1-21-12-9-19-18(21)17(24)14-6-10-22(11-7-14)13-16-5-8-20-23(16)15-3-2-4-15/h5,8-9,12,14-15,17,24H,2-4,6-7,10-11,13H2,1H3. The number of rotatable bonds is 5. The molecule has 0 bridgehead atoms. The molecule has 130 valence electrons. The summed E-state index contributed by atoms with van der Waals surface area (Å²) in [5.41, 5.74) is 1.34. The van der Waals surface area contributed by atoms with Crippen molar-refractivity contribution in [3.8, 4) is 0 Å². The number of aryl methyl sites for hydroxylation is 1. The Bertz CT molecular complexity index is 667. The van der Waals surface area contributed by atoms with Gasteiger partial charge in [-0.3, -0.25) is 9.58 Å². The zero-order chi connectivity index (χ0) is 16.5. The molecule has 6 heteroatoms. The fraction of sp³-hybridized carbons (Fsp3) is 0.667. The Morgan fingerprint density at radius 3 is 2.62 bits per heavy atom. The number of imidazole rings is 1. The summed E-state index contributed by atoms with van der Waals surface area (Å²) in [4.78, 5) is 6.80. The molecule has 1 atom stereocenters. The van der Waals surface area contributed by atoms with E-state index in [4.69, 9.17) is 0 Å². The molecule has 0 amide bonds. The maximum atomic E-state index is 10.6. The fourth-order valence-electron chi connectivity index (χ4n) is 3.96. The first-order valence-electron chi connectivity index (χ1n) is 9.12. The molecule has 1 aliphatic carbocycles. The predicted octanol–water partition coefficient (Wildman–Crippen LogP) is 2.29. The minimum atomic E-state index is -0.451. The quantitative estimate of drug-likeness (QED) is 0.914. The van der Waals surface area contributed by atoms with Gasteiger partial charge in [0.15, 0.2) is 0 Å². The zero-order valence-corrected chi connectivity index (χ0v) is 14.4. The third-order valence-corrected chi connectivity index (χ3v) is 5.76. The molecule has 0 radical (unpaired) electrons. The number of hydrogen-bond acceptors (Lipinski definition) is 4. The lowest BCUT2D eigenvalue weighted by Crippen LogP contribution is -2.36. The van der Waals surface area contributed by atoms with E-state index in [1.54, 1.807) is 6.20 Å². The third kappa shape index (κ3) is 3.00. The summed E-state index contributed by atoms with van der Waals surface area (Å²) >= 11 is 0. The Morgan fingerprint density at radius 2 is 2.00 bits per heavy atom. The van der Waals surface area contributed by atoms with Gasteiger partial charge >= 0.3 is 0 Å². The van der Waals surface area contributed by atoms with Crippen LogP contribution in [0.15, 0.2) is 24.7 Å². The van der Waals surface area contributed by atoms with Crippen molar-refractivity contribution in [2.24, 2.45) is 13.0 Å². The van der Waals surface area contributed by atoms with Gasteiger partial charge < -0.3 is 9.67 Å². The Balaban J connectivity index is 1.33. The lowest BCUT2D eigenvalue weighted by molar-refractivity contribution is 0.0482. The van der Waals surface area contributed by atoms with Gasteiger partial charge in [0.2, 0.25) is 0 Å². The molecule has 3 heterocycles. The van der Waals surface area contributed by atoms with Crippen LogP contribution in [0.2, 0.25) is 0 Å². The van der Waals surface area contributed by atoms with Crippen LogP contribution >= 0.6 is 0 Å². The van der Waals surface area contributed by atoms with Crippen LogP contribution in [0.4, 0.5) is 0 Å². The Labute approximate surface area is 143 Å². The smallest absolute Gasteiger partial charge is 0.137 e. The van der Waals surface area contributed by atoms with Crippen molar-refractivity contribution in [2.45, 2.75) is 50.8 Å². The van der Waals surface area contributed by atoms with Gasteiger partial charge in [0.1, 0.15) is 11.9 Å². The van der Waals surface area contributed by atoms with E-state index in [9.17, 15) is 5.11 Å². The second-order valence-corrected chi connectivity index (χ2v) is 7.31. The molecule has 1 N–H and O–H groups in total. The minimum Gasteiger partial charge on any atom is -0.385 e. The average molecular weight is 329 g/mol. The van der Waals surface area contributed by atoms with Gasteiger partial charge in [-0.05, 0) is 57.2 Å². The number of likely N-dealkylation sites (tertiary alicyclic amines) is 1. The third-order valence-electron chi connectivity index (χ3n) is 5.76. The van der Waals surface area contributed by atoms with E-state index in [1.165, 1.54) is 25.0 Å². The normalized spacial score (nSPS) is 21.8. The zero-order valence-electron chi connectivity index (χ0n) is 14.4. The fourth-order valence-corrected chi connectivity index (χ4v) is 3.96. The van der Waals surface area contributed by atoms with Crippen LogP contribution in [0.1, 0.15) is 55.8 Å². The topological polar surface area (TPSA) is 59.1 Å². The summed E-state index contributed by atoms with van der Waals surface area (Å²) in [6.07, 6.45) is 11.1. The molecule has 1 saturated heterocycles. The van der Waals surface area contributed by atoms with E-state index in [-0.39, 0.29) is 0 Å². The Kier molecular flexibility index (Phi) is 4.41. The number of aliphatic hydroxyl groups excluding tert-OH is 1. The van der Waals surface area contributed by atoms with Crippen LogP contribution in [-0.4, -0.2) is 42.4 Å². The van der Waals surface area contributed by atoms with Gasteiger partial charge in [-0.15, -0.1) is 0 Å².